The second-order valence-corrected chi connectivity index (χ2v) is 7.76. The number of hydrogen-bond donors (Lipinski definition) is 1. The van der Waals surface area contributed by atoms with Gasteiger partial charge in [-0.15, -0.1) is 11.8 Å². The number of anilines is 1. The average molecular weight is 358 g/mol. The minimum absolute atomic E-state index is 0.0315. The highest BCUT2D eigenvalue weighted by molar-refractivity contribution is 8.00. The minimum atomic E-state index is -0.206. The Bertz CT molecular complexity index is 916. The number of fused-ring (bicyclic) bond motifs is 1. The molecule has 1 N–H and O–H groups in total. The normalized spacial score (nSPS) is 12.2. The van der Waals surface area contributed by atoms with Crippen LogP contribution in [0, 0.1) is 0 Å². The van der Waals surface area contributed by atoms with Crippen LogP contribution in [0.25, 0.3) is 10.2 Å². The van der Waals surface area contributed by atoms with E-state index in [1.54, 1.807) is 4.57 Å². The molecular weight excluding hydrogens is 340 g/mol. The largest absolute Gasteiger partial charge is 0.325 e. The number of hydrogen-bond acceptors (Lipinski definition) is 4. The molecule has 1 aromatic heterocycles. The summed E-state index contributed by atoms with van der Waals surface area (Å²) in [6, 6.07) is 15.5. The second-order valence-electron chi connectivity index (χ2n) is 5.36. The molecule has 0 aliphatic carbocycles. The Kier molecular flexibility index (Phi) is 5.06. The zero-order chi connectivity index (χ0) is 17.1. The first-order valence-electron chi connectivity index (χ1n) is 7.74. The van der Waals surface area contributed by atoms with Crippen molar-refractivity contribution in [2.24, 2.45) is 0 Å². The van der Waals surface area contributed by atoms with E-state index in [0.29, 0.717) is 6.54 Å². The molecule has 0 spiro atoms. The molecule has 3 aromatic rings. The van der Waals surface area contributed by atoms with Gasteiger partial charge in [-0.3, -0.25) is 14.2 Å². The van der Waals surface area contributed by atoms with Gasteiger partial charge in [-0.25, -0.2) is 0 Å². The Morgan fingerprint density at radius 2 is 2.00 bits per heavy atom. The molecule has 0 aliphatic rings. The standard InChI is InChI=1S/C18H18N2O2S2/c1-3-20-15-10-9-13(11-16(15)24-18(20)22)19-17(21)12(2)23-14-7-5-4-6-8-14/h4-12H,3H2,1-2H3,(H,19,21). The van der Waals surface area contributed by atoms with Crippen LogP contribution in [0.3, 0.4) is 0 Å². The average Bonchev–Trinajstić information content (AvgIpc) is 2.89. The van der Waals surface area contributed by atoms with Gasteiger partial charge in [0, 0.05) is 17.1 Å². The van der Waals surface area contributed by atoms with Crippen molar-refractivity contribution < 1.29 is 4.79 Å². The maximum Gasteiger partial charge on any atom is 0.308 e. The molecule has 1 heterocycles. The van der Waals surface area contributed by atoms with E-state index in [9.17, 15) is 9.59 Å². The molecule has 24 heavy (non-hydrogen) atoms. The number of rotatable bonds is 5. The zero-order valence-corrected chi connectivity index (χ0v) is 15.1. The van der Waals surface area contributed by atoms with Gasteiger partial charge >= 0.3 is 4.87 Å². The summed E-state index contributed by atoms with van der Waals surface area (Å²) in [6.45, 7) is 4.48. The van der Waals surface area contributed by atoms with Gasteiger partial charge in [0.05, 0.1) is 15.5 Å². The van der Waals surface area contributed by atoms with Crippen LogP contribution in [0.2, 0.25) is 0 Å². The third-order valence-corrected chi connectivity index (χ3v) is 5.73. The van der Waals surface area contributed by atoms with Crippen molar-refractivity contribution in [3.8, 4) is 0 Å². The Balaban J connectivity index is 1.74. The van der Waals surface area contributed by atoms with Crippen molar-refractivity contribution >= 4 is 44.9 Å². The lowest BCUT2D eigenvalue weighted by molar-refractivity contribution is -0.115. The molecule has 0 bridgehead atoms. The van der Waals surface area contributed by atoms with E-state index in [1.165, 1.54) is 23.1 Å². The highest BCUT2D eigenvalue weighted by Gasteiger charge is 2.15. The Hall–Kier alpha value is -2.05. The highest BCUT2D eigenvalue weighted by atomic mass is 32.2. The molecule has 0 aliphatic heterocycles. The summed E-state index contributed by atoms with van der Waals surface area (Å²) in [5, 5.41) is 2.73. The fourth-order valence-electron chi connectivity index (χ4n) is 2.44. The number of carbonyl (C=O) groups is 1. The maximum atomic E-state index is 12.4. The lowest BCUT2D eigenvalue weighted by Crippen LogP contribution is -2.22. The van der Waals surface area contributed by atoms with Gasteiger partial charge in [0.25, 0.3) is 0 Å². The number of aromatic nitrogens is 1. The number of nitrogens with zero attached hydrogens (tertiary/aromatic N) is 1. The van der Waals surface area contributed by atoms with Crippen LogP contribution < -0.4 is 10.2 Å². The molecule has 0 radical (unpaired) electrons. The fourth-order valence-corrected chi connectivity index (χ4v) is 4.33. The summed E-state index contributed by atoms with van der Waals surface area (Å²) in [6.07, 6.45) is 0. The predicted molar refractivity (Wildman–Crippen MR) is 102 cm³/mol. The quantitative estimate of drug-likeness (QED) is 0.695. The molecule has 6 heteroatoms. The number of amides is 1. The van der Waals surface area contributed by atoms with Gasteiger partial charge in [0.2, 0.25) is 5.91 Å². The van der Waals surface area contributed by atoms with Crippen LogP contribution in [0.5, 0.6) is 0 Å². The zero-order valence-electron chi connectivity index (χ0n) is 13.5. The number of aryl methyl sites for hydroxylation is 1. The van der Waals surface area contributed by atoms with Crippen molar-refractivity contribution in [3.63, 3.8) is 0 Å². The first-order valence-corrected chi connectivity index (χ1v) is 9.44. The lowest BCUT2D eigenvalue weighted by Gasteiger charge is -2.12. The first kappa shape index (κ1) is 16.8. The van der Waals surface area contributed by atoms with Crippen LogP contribution in [-0.2, 0) is 11.3 Å². The summed E-state index contributed by atoms with van der Waals surface area (Å²) in [4.78, 5) is 25.4. The van der Waals surface area contributed by atoms with E-state index in [0.717, 1.165) is 20.8 Å². The molecule has 3 rings (SSSR count). The molecule has 2 aromatic carbocycles. The van der Waals surface area contributed by atoms with Crippen LogP contribution in [0.4, 0.5) is 5.69 Å². The number of benzene rings is 2. The Labute approximate surface area is 148 Å². The van der Waals surface area contributed by atoms with Gasteiger partial charge in [0.1, 0.15) is 0 Å². The summed E-state index contributed by atoms with van der Waals surface area (Å²) in [5.41, 5.74) is 1.63. The van der Waals surface area contributed by atoms with E-state index in [-0.39, 0.29) is 16.0 Å². The van der Waals surface area contributed by atoms with Crippen molar-refractivity contribution in [2.45, 2.75) is 30.5 Å². The first-order chi connectivity index (χ1) is 11.6. The summed E-state index contributed by atoms with van der Waals surface area (Å²) >= 11 is 2.73. The highest BCUT2D eigenvalue weighted by Crippen LogP contribution is 2.25. The van der Waals surface area contributed by atoms with Crippen LogP contribution in [0.1, 0.15) is 13.8 Å². The summed E-state index contributed by atoms with van der Waals surface area (Å²) in [7, 11) is 0. The third kappa shape index (κ3) is 3.55. The SMILES string of the molecule is CCn1c(=O)sc2cc(NC(=O)C(C)Sc3ccccc3)ccc21. The number of nitrogens with one attached hydrogen (secondary N) is 1. The molecule has 1 amide bonds. The predicted octanol–water partition coefficient (Wildman–Crippen LogP) is 4.20. The molecule has 1 atom stereocenters. The summed E-state index contributed by atoms with van der Waals surface area (Å²) < 4.78 is 2.63. The van der Waals surface area contributed by atoms with Crippen molar-refractivity contribution in [1.29, 1.82) is 0 Å². The Morgan fingerprint density at radius 3 is 2.71 bits per heavy atom. The van der Waals surface area contributed by atoms with Gasteiger partial charge in [-0.1, -0.05) is 29.5 Å². The molecular formula is C18H18N2O2S2. The van der Waals surface area contributed by atoms with Crippen LogP contribution in [0.15, 0.2) is 58.2 Å². The van der Waals surface area contributed by atoms with Crippen LogP contribution in [-0.4, -0.2) is 15.7 Å². The molecule has 124 valence electrons. The smallest absolute Gasteiger partial charge is 0.308 e. The number of thioether (sulfide) groups is 1. The molecule has 0 saturated heterocycles. The van der Waals surface area contributed by atoms with E-state index in [4.69, 9.17) is 0 Å². The molecule has 0 saturated carbocycles. The van der Waals surface area contributed by atoms with Crippen LogP contribution >= 0.6 is 23.1 Å². The van der Waals surface area contributed by atoms with E-state index >= 15 is 0 Å². The van der Waals surface area contributed by atoms with E-state index < -0.39 is 0 Å². The maximum absolute atomic E-state index is 12.4. The van der Waals surface area contributed by atoms with Gasteiger partial charge in [-0.05, 0) is 44.2 Å². The second kappa shape index (κ2) is 7.23. The molecule has 0 fully saturated rings. The topological polar surface area (TPSA) is 51.1 Å². The van der Waals surface area contributed by atoms with Gasteiger partial charge in [-0.2, -0.15) is 0 Å². The van der Waals surface area contributed by atoms with E-state index in [2.05, 4.69) is 5.32 Å². The van der Waals surface area contributed by atoms with Gasteiger partial charge in [0.15, 0.2) is 0 Å². The van der Waals surface area contributed by atoms with E-state index in [1.807, 2.05) is 62.4 Å². The lowest BCUT2D eigenvalue weighted by atomic mass is 10.3. The number of thiazole rings is 1. The van der Waals surface area contributed by atoms with Gasteiger partial charge < -0.3 is 5.32 Å². The third-order valence-electron chi connectivity index (χ3n) is 3.68. The monoisotopic (exact) mass is 358 g/mol. The van der Waals surface area contributed by atoms with Crippen molar-refractivity contribution in [1.82, 2.24) is 4.57 Å². The summed E-state index contributed by atoms with van der Waals surface area (Å²) in [5.74, 6) is -0.0505. The minimum Gasteiger partial charge on any atom is -0.325 e. The molecule has 4 nitrogen and oxygen atoms in total. The molecule has 1 unspecified atom stereocenters. The fraction of sp³-hybridized carbons (Fsp3) is 0.222. The van der Waals surface area contributed by atoms with Crippen molar-refractivity contribution in [3.05, 3.63) is 58.2 Å². The van der Waals surface area contributed by atoms with Crippen molar-refractivity contribution in [2.75, 3.05) is 5.32 Å². The Morgan fingerprint density at radius 1 is 1.25 bits per heavy atom. The number of carbonyl (C=O) groups excluding carboxylic acids is 1.